The number of ether oxygens (including phenoxy) is 1. The van der Waals surface area contributed by atoms with Crippen LogP contribution in [0.15, 0.2) is 45.7 Å². The third-order valence-electron chi connectivity index (χ3n) is 6.39. The summed E-state index contributed by atoms with van der Waals surface area (Å²) in [6, 6.07) is 9.31. The molecule has 0 fully saturated rings. The smallest absolute Gasteiger partial charge is 0.419 e. The highest BCUT2D eigenvalue weighted by Gasteiger charge is 2.24. The molecule has 0 aliphatic carbocycles. The van der Waals surface area contributed by atoms with Gasteiger partial charge in [-0.05, 0) is 48.7 Å². The number of nitrogens with two attached hydrogens (primary N) is 1. The van der Waals surface area contributed by atoms with Crippen LogP contribution in [0.5, 0.6) is 0 Å². The minimum atomic E-state index is -0.401. The number of hydrogen-bond donors (Lipinski definition) is 1. The van der Waals surface area contributed by atoms with Crippen LogP contribution in [0.3, 0.4) is 0 Å². The molecule has 5 rings (SSSR count). The highest BCUT2D eigenvalue weighted by atomic mass is 16.5. The Hall–Kier alpha value is -3.76. The Morgan fingerprint density at radius 2 is 2.03 bits per heavy atom. The van der Waals surface area contributed by atoms with Gasteiger partial charge in [0.15, 0.2) is 5.58 Å². The minimum Gasteiger partial charge on any atom is -0.457 e. The Morgan fingerprint density at radius 3 is 2.85 bits per heavy atom. The average molecular weight is 463 g/mol. The molecular formula is C24H26N6O4. The molecule has 10 heteroatoms. The van der Waals surface area contributed by atoms with Gasteiger partial charge in [-0.2, -0.15) is 0 Å². The number of hydrogen-bond acceptors (Lipinski definition) is 8. The predicted octanol–water partition coefficient (Wildman–Crippen LogP) is 1.69. The summed E-state index contributed by atoms with van der Waals surface area (Å²) in [7, 11) is 1.67. The van der Waals surface area contributed by atoms with Gasteiger partial charge in [-0.25, -0.2) is 14.3 Å². The molecule has 1 aliphatic heterocycles. The number of esters is 1. The Bertz CT molecular complexity index is 1430. The van der Waals surface area contributed by atoms with E-state index in [1.165, 1.54) is 10.1 Å². The molecule has 2 N–H and O–H groups in total. The first-order chi connectivity index (χ1) is 16.4. The quantitative estimate of drug-likeness (QED) is 0.393. The van der Waals surface area contributed by atoms with Crippen LogP contribution in [0.2, 0.25) is 0 Å². The molecule has 34 heavy (non-hydrogen) atoms. The number of oxazole rings is 1. The lowest BCUT2D eigenvalue weighted by atomic mass is 9.96. The third kappa shape index (κ3) is 4.02. The number of benzene rings is 2. The molecule has 2 aromatic carbocycles. The van der Waals surface area contributed by atoms with Crippen molar-refractivity contribution in [1.82, 2.24) is 24.5 Å². The first-order valence-corrected chi connectivity index (χ1v) is 11.2. The number of nitrogens with zero attached hydrogens (tertiary/aromatic N) is 5. The largest absolute Gasteiger partial charge is 0.457 e. The maximum atomic E-state index is 11.8. The van der Waals surface area contributed by atoms with E-state index in [2.05, 4.69) is 15.2 Å². The number of cyclic esters (lactones) is 1. The fraction of sp³-hybridized carbons (Fsp3) is 0.333. The Balaban J connectivity index is 1.30. The molecule has 0 bridgehead atoms. The molecule has 176 valence electrons. The van der Waals surface area contributed by atoms with Gasteiger partial charge >= 0.3 is 11.7 Å². The second-order valence-electron chi connectivity index (χ2n) is 8.50. The van der Waals surface area contributed by atoms with Gasteiger partial charge in [-0.3, -0.25) is 9.47 Å². The molecule has 0 saturated heterocycles. The first-order valence-electron chi connectivity index (χ1n) is 11.2. The second kappa shape index (κ2) is 8.88. The van der Waals surface area contributed by atoms with Crippen LogP contribution in [0, 0.1) is 6.92 Å². The summed E-state index contributed by atoms with van der Waals surface area (Å²) >= 11 is 0. The van der Waals surface area contributed by atoms with E-state index >= 15 is 0 Å². The summed E-state index contributed by atoms with van der Waals surface area (Å²) in [4.78, 5) is 25.8. The Labute approximate surface area is 195 Å². The summed E-state index contributed by atoms with van der Waals surface area (Å²) in [6.07, 6.45) is 2.71. The number of aryl methyl sites for hydroxylation is 1. The van der Waals surface area contributed by atoms with E-state index in [9.17, 15) is 9.59 Å². The summed E-state index contributed by atoms with van der Waals surface area (Å²) in [5.74, 6) is -0.645. The molecule has 10 nitrogen and oxygen atoms in total. The Morgan fingerprint density at radius 1 is 1.18 bits per heavy atom. The van der Waals surface area contributed by atoms with Crippen molar-refractivity contribution in [2.24, 2.45) is 12.8 Å². The summed E-state index contributed by atoms with van der Waals surface area (Å²) in [6.45, 7) is 5.05. The van der Waals surface area contributed by atoms with Crippen molar-refractivity contribution in [2.75, 3.05) is 19.6 Å². The zero-order valence-electron chi connectivity index (χ0n) is 19.2. The highest BCUT2D eigenvalue weighted by molar-refractivity contribution is 5.93. The third-order valence-corrected chi connectivity index (χ3v) is 6.39. The van der Waals surface area contributed by atoms with Gasteiger partial charge in [0.2, 0.25) is 0 Å². The zero-order valence-corrected chi connectivity index (χ0v) is 19.2. The average Bonchev–Trinajstić information content (AvgIpc) is 3.52. The van der Waals surface area contributed by atoms with Crippen molar-refractivity contribution in [1.29, 1.82) is 0 Å². The van der Waals surface area contributed by atoms with Crippen molar-refractivity contribution in [3.8, 4) is 5.69 Å². The van der Waals surface area contributed by atoms with Crippen LogP contribution >= 0.6 is 0 Å². The van der Waals surface area contributed by atoms with Crippen molar-refractivity contribution in [3.63, 3.8) is 0 Å². The highest BCUT2D eigenvalue weighted by Crippen LogP contribution is 2.26. The number of carbonyl (C=O) groups is 1. The molecular weight excluding hydrogens is 436 g/mol. The van der Waals surface area contributed by atoms with Gasteiger partial charge in [0.25, 0.3) is 0 Å². The van der Waals surface area contributed by atoms with Crippen molar-refractivity contribution < 1.29 is 13.9 Å². The van der Waals surface area contributed by atoms with Crippen molar-refractivity contribution in [2.45, 2.75) is 26.5 Å². The maximum Gasteiger partial charge on any atom is 0.419 e. The molecule has 0 unspecified atom stereocenters. The van der Waals surface area contributed by atoms with Crippen LogP contribution in [-0.2, 0) is 31.4 Å². The van der Waals surface area contributed by atoms with Crippen LogP contribution in [-0.4, -0.2) is 50.1 Å². The SMILES string of the molecule is Cc1c(CCN(CCN)Cc2cn(-c3ccc4oc(=O)n(C)c4c3)nn2)ccc2c1COC2=O. The van der Waals surface area contributed by atoms with E-state index < -0.39 is 5.76 Å². The molecule has 0 saturated carbocycles. The maximum absolute atomic E-state index is 11.8. The van der Waals surface area contributed by atoms with Gasteiger partial charge in [-0.15, -0.1) is 5.10 Å². The van der Waals surface area contributed by atoms with E-state index in [1.807, 2.05) is 37.4 Å². The van der Waals surface area contributed by atoms with Gasteiger partial charge < -0.3 is 14.9 Å². The van der Waals surface area contributed by atoms with Crippen LogP contribution in [0.1, 0.15) is 32.7 Å². The predicted molar refractivity (Wildman–Crippen MR) is 125 cm³/mol. The molecule has 2 aromatic heterocycles. The minimum absolute atomic E-state index is 0.244. The normalized spacial score (nSPS) is 13.1. The number of aromatic nitrogens is 4. The van der Waals surface area contributed by atoms with Crippen LogP contribution in [0.25, 0.3) is 16.8 Å². The Kier molecular flexibility index (Phi) is 5.76. The molecule has 1 aliphatic rings. The number of carbonyl (C=O) groups excluding carboxylic acids is 1. The van der Waals surface area contributed by atoms with E-state index in [4.69, 9.17) is 14.9 Å². The number of fused-ring (bicyclic) bond motifs is 2. The van der Waals surface area contributed by atoms with Gasteiger partial charge in [0, 0.05) is 38.8 Å². The van der Waals surface area contributed by atoms with Crippen LogP contribution < -0.4 is 11.5 Å². The number of rotatable bonds is 8. The molecule has 0 radical (unpaired) electrons. The molecule has 0 amide bonds. The fourth-order valence-corrected chi connectivity index (χ4v) is 4.38. The molecule has 3 heterocycles. The lowest BCUT2D eigenvalue weighted by molar-refractivity contribution is 0.0535. The van der Waals surface area contributed by atoms with E-state index in [0.29, 0.717) is 36.4 Å². The van der Waals surface area contributed by atoms with Crippen molar-refractivity contribution in [3.05, 3.63) is 75.0 Å². The summed E-state index contributed by atoms with van der Waals surface area (Å²) in [5.41, 5.74) is 12.7. The van der Waals surface area contributed by atoms with E-state index in [-0.39, 0.29) is 5.97 Å². The van der Waals surface area contributed by atoms with Crippen LogP contribution in [0.4, 0.5) is 0 Å². The monoisotopic (exact) mass is 462 g/mol. The van der Waals surface area contributed by atoms with E-state index in [1.54, 1.807) is 17.8 Å². The standard InChI is InChI=1S/C24H26N6O4/c1-15-16(3-5-19-20(15)14-33-23(19)31)7-9-29(10-8-25)12-17-13-30(27-26-17)18-4-6-22-21(11-18)28(2)24(32)34-22/h3-6,11,13H,7-10,12,14,25H2,1-2H3. The lowest BCUT2D eigenvalue weighted by Gasteiger charge is -2.21. The summed E-state index contributed by atoms with van der Waals surface area (Å²) in [5, 5.41) is 8.60. The van der Waals surface area contributed by atoms with Gasteiger partial charge in [0.05, 0.1) is 28.7 Å². The van der Waals surface area contributed by atoms with E-state index in [0.717, 1.165) is 42.0 Å². The zero-order chi connectivity index (χ0) is 23.8. The van der Waals surface area contributed by atoms with Gasteiger partial charge in [-0.1, -0.05) is 11.3 Å². The van der Waals surface area contributed by atoms with Crippen molar-refractivity contribution >= 4 is 17.1 Å². The molecule has 0 spiro atoms. The molecule has 0 atom stereocenters. The fourth-order valence-electron chi connectivity index (χ4n) is 4.38. The lowest BCUT2D eigenvalue weighted by Crippen LogP contribution is -2.31. The summed E-state index contributed by atoms with van der Waals surface area (Å²) < 4.78 is 13.5. The first kappa shape index (κ1) is 22.1. The second-order valence-corrected chi connectivity index (χ2v) is 8.50. The molecule has 4 aromatic rings. The topological polar surface area (TPSA) is 121 Å². The van der Waals surface area contributed by atoms with Gasteiger partial charge in [0.1, 0.15) is 6.61 Å².